The monoisotopic (exact) mass is 351 g/mol. The van der Waals surface area contributed by atoms with Gasteiger partial charge in [0.2, 0.25) is 0 Å². The molecule has 0 aromatic carbocycles. The second-order valence-electron chi connectivity index (χ2n) is 7.32. The van der Waals surface area contributed by atoms with Crippen molar-refractivity contribution in [3.05, 3.63) is 39.3 Å². The topological polar surface area (TPSA) is 46.9 Å². The molecule has 24 heavy (non-hydrogen) atoms. The van der Waals surface area contributed by atoms with E-state index in [2.05, 4.69) is 35.0 Å². The highest BCUT2D eigenvalue weighted by molar-refractivity contribution is 7.08. The highest BCUT2D eigenvalue weighted by Gasteiger charge is 2.63. The first-order valence-electron chi connectivity index (χ1n) is 7.98. The van der Waals surface area contributed by atoms with Gasteiger partial charge in [-0.25, -0.2) is 8.78 Å². The van der Waals surface area contributed by atoms with Crippen LogP contribution >= 0.6 is 11.3 Å². The van der Waals surface area contributed by atoms with Crippen LogP contribution in [0.15, 0.2) is 17.0 Å². The van der Waals surface area contributed by atoms with Crippen molar-refractivity contribution in [2.24, 2.45) is 12.5 Å². The van der Waals surface area contributed by atoms with E-state index in [4.69, 9.17) is 0 Å². The second kappa shape index (κ2) is 4.88. The maximum absolute atomic E-state index is 13.2. The van der Waals surface area contributed by atoms with Gasteiger partial charge in [0.1, 0.15) is 5.69 Å². The fraction of sp³-hybridized carbons (Fsp3) is 0.529. The van der Waals surface area contributed by atoms with Crippen molar-refractivity contribution in [2.45, 2.75) is 44.6 Å². The van der Waals surface area contributed by atoms with Gasteiger partial charge in [0.25, 0.3) is 12.3 Å². The lowest BCUT2D eigenvalue weighted by Crippen LogP contribution is -2.51. The molecule has 0 aliphatic heterocycles. The number of nitrogens with one attached hydrogen (secondary N) is 1. The molecule has 2 aromatic rings. The molecule has 1 amide bonds. The molecular formula is C17H19F2N3OS. The molecule has 1 saturated carbocycles. The summed E-state index contributed by atoms with van der Waals surface area (Å²) in [5.41, 5.74) is 1.35. The molecule has 2 aliphatic carbocycles. The lowest BCUT2D eigenvalue weighted by molar-refractivity contribution is 0.0797. The average molecular weight is 351 g/mol. The van der Waals surface area contributed by atoms with E-state index in [1.54, 1.807) is 18.4 Å². The smallest absolute Gasteiger partial charge is 0.282 e. The lowest BCUT2D eigenvalue weighted by atomic mass is 9.74. The van der Waals surface area contributed by atoms with Gasteiger partial charge >= 0.3 is 0 Å². The fourth-order valence-electron chi connectivity index (χ4n) is 4.68. The molecule has 2 aromatic heterocycles. The van der Waals surface area contributed by atoms with Crippen LogP contribution in [0.5, 0.6) is 0 Å². The van der Waals surface area contributed by atoms with Gasteiger partial charge < -0.3 is 5.32 Å². The predicted octanol–water partition coefficient (Wildman–Crippen LogP) is 3.96. The molecule has 0 saturated heterocycles. The number of rotatable bonds is 3. The number of thiophene rings is 1. The Morgan fingerprint density at radius 2 is 2.21 bits per heavy atom. The van der Waals surface area contributed by atoms with Crippen LogP contribution in [0, 0.1) is 5.41 Å². The number of alkyl halides is 2. The van der Waals surface area contributed by atoms with E-state index in [0.29, 0.717) is 5.92 Å². The van der Waals surface area contributed by atoms with Gasteiger partial charge in [-0.3, -0.25) is 9.48 Å². The molecule has 2 heterocycles. The summed E-state index contributed by atoms with van der Waals surface area (Å²) in [5, 5.41) is 11.1. The zero-order valence-electron chi connectivity index (χ0n) is 13.8. The molecule has 0 radical (unpaired) electrons. The first-order chi connectivity index (χ1) is 11.3. The van der Waals surface area contributed by atoms with Gasteiger partial charge in [0.05, 0.1) is 11.1 Å². The molecule has 128 valence electrons. The normalized spacial score (nSPS) is 26.8. The van der Waals surface area contributed by atoms with Gasteiger partial charge in [-0.05, 0) is 46.1 Å². The Hall–Kier alpha value is -1.76. The molecule has 2 unspecified atom stereocenters. The summed E-state index contributed by atoms with van der Waals surface area (Å²) in [6.45, 7) is 4.32. The highest BCUT2D eigenvalue weighted by atomic mass is 32.1. The summed E-state index contributed by atoms with van der Waals surface area (Å²) in [4.78, 5) is 12.8. The zero-order valence-corrected chi connectivity index (χ0v) is 14.6. The summed E-state index contributed by atoms with van der Waals surface area (Å²) in [5.74, 6) is -0.0614. The van der Waals surface area contributed by atoms with Crippen molar-refractivity contribution in [3.8, 4) is 0 Å². The number of carbonyl (C=O) groups is 1. The third-order valence-electron chi connectivity index (χ3n) is 5.94. The summed E-state index contributed by atoms with van der Waals surface area (Å²) >= 11 is 1.64. The number of hydrogen-bond donors (Lipinski definition) is 1. The Morgan fingerprint density at radius 1 is 1.46 bits per heavy atom. The fourth-order valence-corrected chi connectivity index (χ4v) is 5.66. The maximum Gasteiger partial charge on any atom is 0.282 e. The molecular weight excluding hydrogens is 332 g/mol. The number of aromatic nitrogens is 2. The van der Waals surface area contributed by atoms with Crippen molar-refractivity contribution in [1.29, 1.82) is 0 Å². The van der Waals surface area contributed by atoms with Gasteiger partial charge in [-0.15, -0.1) is 0 Å². The van der Waals surface area contributed by atoms with E-state index in [-0.39, 0.29) is 11.0 Å². The summed E-state index contributed by atoms with van der Waals surface area (Å²) < 4.78 is 27.6. The standard InChI is InChI=1S/C17H19F2N3OS/c1-16(2)11-4-5-17(16,12-8-24-7-10(11)12)20-15(23)9-6-22(3)21-13(9)14(18)19/h6-8,11,14H,4-5H2,1-3H3,(H,20,23). The van der Waals surface area contributed by atoms with Gasteiger partial charge in [-0.1, -0.05) is 13.8 Å². The zero-order chi connectivity index (χ0) is 17.3. The average Bonchev–Trinajstić information content (AvgIpc) is 3.20. The third-order valence-corrected chi connectivity index (χ3v) is 6.70. The molecule has 2 atom stereocenters. The van der Waals surface area contributed by atoms with Crippen molar-refractivity contribution in [3.63, 3.8) is 0 Å². The first-order valence-corrected chi connectivity index (χ1v) is 8.93. The van der Waals surface area contributed by atoms with E-state index in [9.17, 15) is 13.6 Å². The van der Waals surface area contributed by atoms with Crippen LogP contribution in [-0.2, 0) is 12.6 Å². The molecule has 7 heteroatoms. The third kappa shape index (κ3) is 1.82. The van der Waals surface area contributed by atoms with Crippen LogP contribution in [0.25, 0.3) is 0 Å². The number of hydrogen-bond acceptors (Lipinski definition) is 3. The Morgan fingerprint density at radius 3 is 2.92 bits per heavy atom. The van der Waals surface area contributed by atoms with Crippen LogP contribution in [-0.4, -0.2) is 15.7 Å². The lowest BCUT2D eigenvalue weighted by Gasteiger charge is -2.39. The van der Waals surface area contributed by atoms with E-state index < -0.39 is 23.6 Å². The summed E-state index contributed by atoms with van der Waals surface area (Å²) in [7, 11) is 1.54. The first kappa shape index (κ1) is 15.7. The van der Waals surface area contributed by atoms with Gasteiger partial charge in [0.15, 0.2) is 0 Å². The van der Waals surface area contributed by atoms with Crippen molar-refractivity contribution < 1.29 is 13.6 Å². The van der Waals surface area contributed by atoms with Crippen molar-refractivity contribution >= 4 is 17.2 Å². The minimum absolute atomic E-state index is 0.0372. The number of fused-ring (bicyclic) bond motifs is 5. The highest BCUT2D eigenvalue weighted by Crippen LogP contribution is 2.67. The molecule has 0 spiro atoms. The number of halogens is 2. The Bertz CT molecular complexity index is 826. The number of aryl methyl sites for hydroxylation is 1. The minimum Gasteiger partial charge on any atom is -0.342 e. The Labute approximate surface area is 142 Å². The van der Waals surface area contributed by atoms with Gasteiger partial charge in [-0.2, -0.15) is 16.4 Å². The van der Waals surface area contributed by atoms with E-state index in [1.165, 1.54) is 16.4 Å². The predicted molar refractivity (Wildman–Crippen MR) is 87.4 cm³/mol. The molecule has 1 N–H and O–H groups in total. The Balaban J connectivity index is 1.74. The number of carbonyl (C=O) groups excluding carboxylic acids is 1. The SMILES string of the molecule is Cn1cc(C(=O)NC23CCC(c4cscc42)C3(C)C)c(C(F)F)n1. The Kier molecular flexibility index (Phi) is 3.20. The molecule has 1 fully saturated rings. The van der Waals surface area contributed by atoms with Gasteiger partial charge in [0, 0.05) is 13.2 Å². The quantitative estimate of drug-likeness (QED) is 0.910. The number of nitrogens with zero attached hydrogens (tertiary/aromatic N) is 2. The van der Waals surface area contributed by atoms with E-state index in [0.717, 1.165) is 18.4 Å². The van der Waals surface area contributed by atoms with Crippen LogP contribution in [0.2, 0.25) is 0 Å². The molecule has 4 rings (SSSR count). The minimum atomic E-state index is -2.77. The second-order valence-corrected chi connectivity index (χ2v) is 8.06. The van der Waals surface area contributed by atoms with Crippen molar-refractivity contribution in [2.75, 3.05) is 0 Å². The molecule has 2 bridgehead atoms. The molecule has 2 aliphatic rings. The van der Waals surface area contributed by atoms with Crippen LogP contribution < -0.4 is 5.32 Å². The molecule has 4 nitrogen and oxygen atoms in total. The number of amides is 1. The van der Waals surface area contributed by atoms with Crippen LogP contribution in [0.3, 0.4) is 0 Å². The van der Waals surface area contributed by atoms with E-state index in [1.807, 2.05) is 0 Å². The van der Waals surface area contributed by atoms with Crippen LogP contribution in [0.1, 0.15) is 66.2 Å². The van der Waals surface area contributed by atoms with Crippen LogP contribution in [0.4, 0.5) is 8.78 Å². The summed E-state index contributed by atoms with van der Waals surface area (Å²) in [6.07, 6.45) is 0.445. The largest absolute Gasteiger partial charge is 0.342 e. The van der Waals surface area contributed by atoms with E-state index >= 15 is 0 Å². The van der Waals surface area contributed by atoms with Crippen molar-refractivity contribution in [1.82, 2.24) is 15.1 Å². The summed E-state index contributed by atoms with van der Waals surface area (Å²) in [6, 6.07) is 0. The maximum atomic E-state index is 13.2.